The van der Waals surface area contributed by atoms with Gasteiger partial charge in [-0.2, -0.15) is 0 Å². The minimum atomic E-state index is -0.335. The fraction of sp³-hybridized carbons (Fsp3) is 0. The summed E-state index contributed by atoms with van der Waals surface area (Å²) in [5.74, 6) is -2.01. The minimum Gasteiger partial charge on any atom is -0.504 e. The molecule has 0 aliphatic rings. The van der Waals surface area contributed by atoms with E-state index in [2.05, 4.69) is 0 Å². The second-order valence-electron chi connectivity index (χ2n) is 6.81. The van der Waals surface area contributed by atoms with E-state index in [4.69, 9.17) is 0 Å². The molecule has 0 fully saturated rings. The lowest BCUT2D eigenvalue weighted by Crippen LogP contribution is -1.85. The summed E-state index contributed by atoms with van der Waals surface area (Å²) in [4.78, 5) is 0. The summed E-state index contributed by atoms with van der Waals surface area (Å²) in [5.41, 5.74) is 0. The Hall–Kier alpha value is -4.32. The van der Waals surface area contributed by atoms with Crippen LogP contribution in [0.25, 0.3) is 32.3 Å². The number of phenols is 6. The van der Waals surface area contributed by atoms with E-state index in [9.17, 15) is 30.6 Å². The van der Waals surface area contributed by atoms with Crippen LogP contribution in [-0.2, 0) is 0 Å². The van der Waals surface area contributed by atoms with Crippen LogP contribution < -0.4 is 0 Å². The molecule has 0 spiro atoms. The highest BCUT2D eigenvalue weighted by molar-refractivity contribution is 6.26. The molecule has 0 atom stereocenters. The van der Waals surface area contributed by atoms with Crippen molar-refractivity contribution >= 4 is 32.3 Å². The molecule has 0 bridgehead atoms. The number of phenolic OH excluding ortho intramolecular Hbond substituents is 6. The number of benzene rings is 5. The van der Waals surface area contributed by atoms with Crippen LogP contribution in [0.1, 0.15) is 0 Å². The predicted molar refractivity (Wildman–Crippen MR) is 115 cm³/mol. The second-order valence-corrected chi connectivity index (χ2v) is 6.81. The zero-order chi connectivity index (χ0) is 21.4. The lowest BCUT2D eigenvalue weighted by molar-refractivity contribution is 0.404. The topological polar surface area (TPSA) is 121 Å². The number of hydrogen-bond donors (Lipinski definition) is 6. The van der Waals surface area contributed by atoms with Crippen molar-refractivity contribution in [2.75, 3.05) is 0 Å². The van der Waals surface area contributed by atoms with Crippen LogP contribution in [0.5, 0.6) is 34.5 Å². The van der Waals surface area contributed by atoms with Crippen LogP contribution >= 0.6 is 0 Å². The Morgan fingerprint density at radius 3 is 0.533 bits per heavy atom. The van der Waals surface area contributed by atoms with Crippen molar-refractivity contribution in [1.82, 2.24) is 0 Å². The monoisotopic (exact) mass is 402 g/mol. The molecule has 0 aliphatic carbocycles. The fourth-order valence-electron chi connectivity index (χ4n) is 3.45. The van der Waals surface area contributed by atoms with E-state index in [-0.39, 0.29) is 34.5 Å². The van der Waals surface area contributed by atoms with Crippen LogP contribution in [0.2, 0.25) is 0 Å². The standard InChI is InChI=1S/C18H12O6.C6H6/c19-13-1-7-8(2-14(13)20)10-4-17(23)18(24)6-12(10)11-5-16(22)15(21)3-9(7)11;1-2-4-6-5-3-1/h1-6,19-24H;1-6H. The molecule has 0 unspecified atom stereocenters. The Labute approximate surface area is 170 Å². The highest BCUT2D eigenvalue weighted by Gasteiger charge is 2.16. The SMILES string of the molecule is Oc1cc2c3cc(O)c(O)cc3c3cc(O)c(O)cc3c2cc1O.c1ccccc1. The van der Waals surface area contributed by atoms with Gasteiger partial charge in [-0.15, -0.1) is 0 Å². The summed E-state index contributed by atoms with van der Waals surface area (Å²) in [6.07, 6.45) is 0. The molecule has 5 aromatic rings. The molecular formula is C24H18O6. The van der Waals surface area contributed by atoms with Gasteiger partial charge in [0.1, 0.15) is 0 Å². The third kappa shape index (κ3) is 3.20. The highest BCUT2D eigenvalue weighted by Crippen LogP contribution is 2.45. The van der Waals surface area contributed by atoms with Crippen LogP contribution in [0.15, 0.2) is 72.8 Å². The molecule has 0 aliphatic heterocycles. The molecule has 0 amide bonds. The average molecular weight is 402 g/mol. The zero-order valence-electron chi connectivity index (χ0n) is 15.6. The maximum atomic E-state index is 9.82. The van der Waals surface area contributed by atoms with Gasteiger partial charge in [-0.3, -0.25) is 0 Å². The van der Waals surface area contributed by atoms with Gasteiger partial charge in [0.25, 0.3) is 0 Å². The van der Waals surface area contributed by atoms with Gasteiger partial charge >= 0.3 is 0 Å². The van der Waals surface area contributed by atoms with Gasteiger partial charge in [0, 0.05) is 0 Å². The summed E-state index contributed by atoms with van der Waals surface area (Å²) in [5, 5.41) is 62.0. The fourth-order valence-corrected chi connectivity index (χ4v) is 3.45. The Balaban J connectivity index is 0.000000313. The van der Waals surface area contributed by atoms with Crippen molar-refractivity contribution in [3.8, 4) is 34.5 Å². The molecule has 5 rings (SSSR count). The van der Waals surface area contributed by atoms with Gasteiger partial charge in [0.05, 0.1) is 0 Å². The average Bonchev–Trinajstić information content (AvgIpc) is 2.74. The predicted octanol–water partition coefficient (Wildman–Crippen LogP) is 5.07. The van der Waals surface area contributed by atoms with Crippen molar-refractivity contribution in [2.45, 2.75) is 0 Å². The van der Waals surface area contributed by atoms with Gasteiger partial charge in [0.2, 0.25) is 0 Å². The third-order valence-electron chi connectivity index (χ3n) is 4.88. The Morgan fingerprint density at radius 1 is 0.267 bits per heavy atom. The molecule has 30 heavy (non-hydrogen) atoms. The van der Waals surface area contributed by atoms with E-state index >= 15 is 0 Å². The van der Waals surface area contributed by atoms with Crippen molar-refractivity contribution in [1.29, 1.82) is 0 Å². The Kier molecular flexibility index (Phi) is 4.60. The van der Waals surface area contributed by atoms with E-state index in [1.165, 1.54) is 36.4 Å². The quantitative estimate of drug-likeness (QED) is 0.159. The largest absolute Gasteiger partial charge is 0.504 e. The molecule has 0 radical (unpaired) electrons. The molecule has 0 saturated carbocycles. The zero-order valence-corrected chi connectivity index (χ0v) is 15.6. The van der Waals surface area contributed by atoms with Crippen LogP contribution in [0, 0.1) is 0 Å². The second kappa shape index (κ2) is 7.25. The highest BCUT2D eigenvalue weighted by atomic mass is 16.3. The maximum absolute atomic E-state index is 9.82. The van der Waals surface area contributed by atoms with Gasteiger partial charge < -0.3 is 30.6 Å². The summed E-state index contributed by atoms with van der Waals surface area (Å²) >= 11 is 0. The number of rotatable bonds is 0. The van der Waals surface area contributed by atoms with Gasteiger partial charge in [-0.05, 0) is 68.7 Å². The summed E-state index contributed by atoms with van der Waals surface area (Å²) < 4.78 is 0. The molecule has 0 heterocycles. The van der Waals surface area contributed by atoms with Crippen LogP contribution in [0.3, 0.4) is 0 Å². The number of aromatic hydroxyl groups is 6. The normalized spacial score (nSPS) is 10.8. The first-order chi connectivity index (χ1) is 14.4. The van der Waals surface area contributed by atoms with Crippen molar-refractivity contribution < 1.29 is 30.6 Å². The Bertz CT molecular complexity index is 1100. The molecule has 5 aromatic carbocycles. The molecule has 0 aromatic heterocycles. The molecular weight excluding hydrogens is 384 g/mol. The maximum Gasteiger partial charge on any atom is 0.158 e. The number of fused-ring (bicyclic) bond motifs is 6. The van der Waals surface area contributed by atoms with E-state index in [1.807, 2.05) is 36.4 Å². The third-order valence-corrected chi connectivity index (χ3v) is 4.88. The molecule has 6 nitrogen and oxygen atoms in total. The van der Waals surface area contributed by atoms with E-state index in [1.54, 1.807) is 0 Å². The summed E-state index contributed by atoms with van der Waals surface area (Å²) in [6, 6.07) is 20.0. The first-order valence-corrected chi connectivity index (χ1v) is 9.06. The molecule has 6 N–H and O–H groups in total. The lowest BCUT2D eigenvalue weighted by atomic mass is 9.93. The van der Waals surface area contributed by atoms with Crippen molar-refractivity contribution in [2.24, 2.45) is 0 Å². The smallest absolute Gasteiger partial charge is 0.158 e. The lowest BCUT2D eigenvalue weighted by Gasteiger charge is -2.13. The van der Waals surface area contributed by atoms with Gasteiger partial charge in [-0.1, -0.05) is 36.4 Å². The van der Waals surface area contributed by atoms with E-state index in [0.717, 1.165) is 0 Å². The summed E-state index contributed by atoms with van der Waals surface area (Å²) in [7, 11) is 0. The first-order valence-electron chi connectivity index (χ1n) is 9.06. The van der Waals surface area contributed by atoms with Gasteiger partial charge in [0.15, 0.2) is 34.5 Å². The van der Waals surface area contributed by atoms with E-state index in [0.29, 0.717) is 32.3 Å². The van der Waals surface area contributed by atoms with Gasteiger partial charge in [-0.25, -0.2) is 0 Å². The minimum absolute atomic E-state index is 0.335. The van der Waals surface area contributed by atoms with Crippen LogP contribution in [0.4, 0.5) is 0 Å². The molecule has 150 valence electrons. The molecule has 6 heteroatoms. The molecule has 0 saturated heterocycles. The van der Waals surface area contributed by atoms with Crippen molar-refractivity contribution in [3.05, 3.63) is 72.8 Å². The van der Waals surface area contributed by atoms with Crippen molar-refractivity contribution in [3.63, 3.8) is 0 Å². The first kappa shape index (κ1) is 19.0. The van der Waals surface area contributed by atoms with Crippen LogP contribution in [-0.4, -0.2) is 30.6 Å². The van der Waals surface area contributed by atoms with E-state index < -0.39 is 0 Å². The summed E-state index contributed by atoms with van der Waals surface area (Å²) in [6.45, 7) is 0. The Morgan fingerprint density at radius 2 is 0.400 bits per heavy atom. The number of hydrogen-bond acceptors (Lipinski definition) is 6.